The minimum atomic E-state index is -1.34. The van der Waals surface area contributed by atoms with Crippen molar-refractivity contribution >= 4 is 5.71 Å². The van der Waals surface area contributed by atoms with Gasteiger partial charge in [0.05, 0.1) is 19.1 Å². The first-order valence-corrected chi connectivity index (χ1v) is 8.90. The zero-order chi connectivity index (χ0) is 16.4. The fraction of sp³-hybridized carbons (Fsp3) is 0.812. The highest BCUT2D eigenvalue weighted by Gasteiger charge is 2.72. The second kappa shape index (κ2) is 5.00. The number of nitrogens with zero attached hydrogens (tertiary/aromatic N) is 4. The molecule has 0 amide bonds. The molecule has 1 saturated carbocycles. The summed E-state index contributed by atoms with van der Waals surface area (Å²) in [5, 5.41) is 33.2. The third-order valence-corrected chi connectivity index (χ3v) is 6.46. The normalized spacial score (nSPS) is 39.5. The van der Waals surface area contributed by atoms with Gasteiger partial charge in [0, 0.05) is 32.4 Å². The van der Waals surface area contributed by atoms with E-state index in [1.807, 2.05) is 0 Å². The van der Waals surface area contributed by atoms with Crippen molar-refractivity contribution in [3.05, 3.63) is 16.6 Å². The quantitative estimate of drug-likeness (QED) is 0.586. The highest BCUT2D eigenvalue weighted by Crippen LogP contribution is 2.55. The van der Waals surface area contributed by atoms with Crippen molar-refractivity contribution < 1.29 is 19.2 Å². The van der Waals surface area contributed by atoms with Gasteiger partial charge < -0.3 is 15.1 Å². The van der Waals surface area contributed by atoms with Gasteiger partial charge in [-0.05, 0) is 12.8 Å². The number of aliphatic hydroxyl groups is 1. The van der Waals surface area contributed by atoms with Crippen LogP contribution in [0.5, 0.6) is 0 Å². The molecule has 0 radical (unpaired) electrons. The average Bonchev–Trinajstić information content (AvgIpc) is 3.18. The lowest BCUT2D eigenvalue weighted by molar-refractivity contribution is -0.591. The van der Waals surface area contributed by atoms with E-state index in [0.717, 1.165) is 43.5 Å². The van der Waals surface area contributed by atoms with Crippen LogP contribution >= 0.6 is 0 Å². The number of fused-ring (bicyclic) bond motifs is 5. The fourth-order valence-corrected chi connectivity index (χ4v) is 5.46. The fourth-order valence-electron chi connectivity index (χ4n) is 5.46. The Hall–Kier alpha value is -1.51. The molecule has 8 heteroatoms. The lowest BCUT2D eigenvalue weighted by Gasteiger charge is -2.47. The molecule has 5 rings (SSSR count). The molecule has 8 nitrogen and oxygen atoms in total. The first-order chi connectivity index (χ1) is 11.7. The molecule has 2 aliphatic carbocycles. The summed E-state index contributed by atoms with van der Waals surface area (Å²) in [4.78, 5) is 2.24. The minimum Gasteiger partial charge on any atom is -0.622 e. The molecular weight excluding hydrogens is 312 g/mol. The first-order valence-electron chi connectivity index (χ1n) is 8.90. The molecule has 1 aromatic heterocycles. The molecule has 0 unspecified atom stereocenters. The van der Waals surface area contributed by atoms with Crippen LogP contribution in [0.15, 0.2) is 4.63 Å². The second-order valence-corrected chi connectivity index (χ2v) is 7.34. The van der Waals surface area contributed by atoms with Gasteiger partial charge in [-0.1, -0.05) is 16.7 Å². The largest absolute Gasteiger partial charge is 0.622 e. The van der Waals surface area contributed by atoms with E-state index >= 15 is 0 Å². The van der Waals surface area contributed by atoms with Crippen LogP contribution < -0.4 is 0 Å². The van der Waals surface area contributed by atoms with E-state index in [1.165, 1.54) is 0 Å². The van der Waals surface area contributed by atoms with Crippen molar-refractivity contribution in [1.82, 2.24) is 15.2 Å². The van der Waals surface area contributed by atoms with Gasteiger partial charge >= 0.3 is 0 Å². The van der Waals surface area contributed by atoms with E-state index < -0.39 is 11.3 Å². The molecule has 1 saturated heterocycles. The Morgan fingerprint density at radius 3 is 2.88 bits per heavy atom. The maximum atomic E-state index is 13.5. The van der Waals surface area contributed by atoms with Crippen molar-refractivity contribution in [2.75, 3.05) is 26.3 Å². The van der Waals surface area contributed by atoms with E-state index in [0.29, 0.717) is 43.2 Å². The molecule has 1 aromatic rings. The molecular formula is C16H22N4O4. The smallest absolute Gasteiger partial charge is 0.235 e. The molecule has 3 heterocycles. The number of aromatic nitrogens is 2. The SMILES string of the molecule is [O-][N+]1=C2CCc3nonc3[C@]2(O)[C@@H]2CCCC[C@@]21N1CCOCC1. The number of morpholine rings is 1. The lowest BCUT2D eigenvalue weighted by atomic mass is 9.66. The Morgan fingerprint density at radius 2 is 2.04 bits per heavy atom. The number of hydrogen-bond acceptors (Lipinski definition) is 7. The summed E-state index contributed by atoms with van der Waals surface area (Å²) in [6.45, 7) is 2.71. The summed E-state index contributed by atoms with van der Waals surface area (Å²) in [6.07, 6.45) is 4.71. The Kier molecular flexibility index (Phi) is 3.08. The van der Waals surface area contributed by atoms with Crippen LogP contribution in [0.1, 0.15) is 43.5 Å². The van der Waals surface area contributed by atoms with Crippen molar-refractivity contribution in [2.45, 2.75) is 49.8 Å². The van der Waals surface area contributed by atoms with Gasteiger partial charge in [-0.15, -0.1) is 0 Å². The molecule has 1 N–H and O–H groups in total. The number of rotatable bonds is 1. The van der Waals surface area contributed by atoms with E-state index in [2.05, 4.69) is 15.2 Å². The molecule has 0 spiro atoms. The highest BCUT2D eigenvalue weighted by molar-refractivity contribution is 5.92. The lowest BCUT2D eigenvalue weighted by Crippen LogP contribution is -2.63. The molecule has 3 atom stereocenters. The standard InChI is InChI=1S/C16H22N4O4/c21-16-12-3-1-2-6-15(12,19-7-9-23-10-8-19)20(22)13(16)5-4-11-14(16)18-24-17-11/h12,21H,1-10H2/t12-,15+,16+/m1/s1. The molecule has 4 aliphatic rings. The van der Waals surface area contributed by atoms with Gasteiger partial charge in [0.1, 0.15) is 5.69 Å². The number of hydrogen-bond donors (Lipinski definition) is 1. The van der Waals surface area contributed by atoms with Crippen LogP contribution in [0.2, 0.25) is 0 Å². The monoisotopic (exact) mass is 334 g/mol. The first kappa shape index (κ1) is 14.8. The zero-order valence-corrected chi connectivity index (χ0v) is 13.6. The van der Waals surface area contributed by atoms with E-state index in [1.54, 1.807) is 0 Å². The van der Waals surface area contributed by atoms with Crippen LogP contribution in [0.25, 0.3) is 0 Å². The topological polar surface area (TPSA) is 97.7 Å². The predicted octanol–water partition coefficient (Wildman–Crippen LogP) is 0.387. The van der Waals surface area contributed by atoms with Gasteiger partial charge in [-0.25, -0.2) is 9.53 Å². The molecule has 130 valence electrons. The number of aryl methyl sites for hydroxylation is 1. The van der Waals surface area contributed by atoms with E-state index in [4.69, 9.17) is 9.37 Å². The van der Waals surface area contributed by atoms with Gasteiger partial charge in [0.15, 0.2) is 5.69 Å². The molecule has 0 bridgehead atoms. The summed E-state index contributed by atoms with van der Waals surface area (Å²) >= 11 is 0. The van der Waals surface area contributed by atoms with E-state index in [9.17, 15) is 10.3 Å². The van der Waals surface area contributed by atoms with Crippen molar-refractivity contribution in [3.8, 4) is 0 Å². The van der Waals surface area contributed by atoms with Crippen molar-refractivity contribution in [3.63, 3.8) is 0 Å². The Balaban J connectivity index is 1.69. The summed E-state index contributed by atoms with van der Waals surface area (Å²) < 4.78 is 11.5. The second-order valence-electron chi connectivity index (χ2n) is 7.34. The Morgan fingerprint density at radius 1 is 1.21 bits per heavy atom. The highest BCUT2D eigenvalue weighted by atomic mass is 16.6. The van der Waals surface area contributed by atoms with Crippen LogP contribution in [0, 0.1) is 11.1 Å². The summed E-state index contributed by atoms with van der Waals surface area (Å²) in [7, 11) is 0. The van der Waals surface area contributed by atoms with Gasteiger partial charge in [0.2, 0.25) is 17.0 Å². The maximum Gasteiger partial charge on any atom is 0.235 e. The van der Waals surface area contributed by atoms with Crippen LogP contribution in [-0.4, -0.2) is 62.7 Å². The zero-order valence-electron chi connectivity index (χ0n) is 13.6. The molecule has 24 heavy (non-hydrogen) atoms. The molecule has 2 fully saturated rings. The van der Waals surface area contributed by atoms with Crippen LogP contribution in [-0.2, 0) is 16.8 Å². The Bertz CT molecular complexity index is 698. The van der Waals surface area contributed by atoms with Gasteiger partial charge in [-0.2, -0.15) is 4.74 Å². The Labute approximate surface area is 139 Å². The summed E-state index contributed by atoms with van der Waals surface area (Å²) in [5.74, 6) is -0.199. The van der Waals surface area contributed by atoms with Crippen molar-refractivity contribution in [1.29, 1.82) is 0 Å². The van der Waals surface area contributed by atoms with Crippen LogP contribution in [0.3, 0.4) is 0 Å². The van der Waals surface area contributed by atoms with Crippen molar-refractivity contribution in [2.24, 2.45) is 5.92 Å². The van der Waals surface area contributed by atoms with Gasteiger partial charge in [-0.3, -0.25) is 0 Å². The van der Waals surface area contributed by atoms with Crippen LogP contribution in [0.4, 0.5) is 0 Å². The summed E-state index contributed by atoms with van der Waals surface area (Å²) in [6, 6.07) is 0. The third kappa shape index (κ3) is 1.61. The maximum absolute atomic E-state index is 13.5. The average molecular weight is 334 g/mol. The number of hydroxylamine groups is 1. The van der Waals surface area contributed by atoms with Gasteiger partial charge in [0.25, 0.3) is 0 Å². The summed E-state index contributed by atoms with van der Waals surface area (Å²) in [5.41, 5.74) is -0.325. The molecule has 0 aromatic carbocycles. The van der Waals surface area contributed by atoms with E-state index in [-0.39, 0.29) is 5.92 Å². The minimum absolute atomic E-state index is 0.199. The molecule has 2 aliphatic heterocycles. The third-order valence-electron chi connectivity index (χ3n) is 6.46. The predicted molar refractivity (Wildman–Crippen MR) is 82.2 cm³/mol. The number of ether oxygens (including phenoxy) is 1.